The molecule has 0 aliphatic heterocycles. The third-order valence-electron chi connectivity index (χ3n) is 9.79. The Morgan fingerprint density at radius 1 is 0.480 bits per heavy atom. The molecule has 10 aromatic rings. The van der Waals surface area contributed by atoms with Gasteiger partial charge in [0.1, 0.15) is 22.3 Å². The van der Waals surface area contributed by atoms with Crippen LogP contribution < -0.4 is 5.69 Å². The molecule has 0 fully saturated rings. The monoisotopic (exact) mass is 648 g/mol. The van der Waals surface area contributed by atoms with Crippen LogP contribution in [0.15, 0.2) is 147 Å². The van der Waals surface area contributed by atoms with Crippen LogP contribution in [0, 0.1) is 0 Å². The Balaban J connectivity index is 1.17. The lowest BCUT2D eigenvalue weighted by Crippen LogP contribution is -2.19. The maximum atomic E-state index is 12.6. The fourth-order valence-electron chi connectivity index (χ4n) is 7.25. The number of nitrogens with zero attached hydrogens (tertiary/aromatic N) is 4. The van der Waals surface area contributed by atoms with Gasteiger partial charge in [0.05, 0.1) is 22.4 Å². The minimum absolute atomic E-state index is 0.0460. The molecule has 0 aliphatic rings. The van der Waals surface area contributed by atoms with Crippen molar-refractivity contribution in [2.45, 2.75) is 0 Å². The first kappa shape index (κ1) is 28.3. The first-order chi connectivity index (χ1) is 24.5. The molecule has 0 saturated carbocycles. The van der Waals surface area contributed by atoms with Gasteiger partial charge in [0, 0.05) is 52.3 Å². The van der Waals surface area contributed by atoms with Crippen LogP contribution >= 0.6 is 0 Å². The minimum Gasteiger partial charge on any atom is -0.456 e. The zero-order chi connectivity index (χ0) is 33.5. The number of fused-ring (bicyclic) bond motifs is 7. The molecule has 50 heavy (non-hydrogen) atoms. The fourth-order valence-corrected chi connectivity index (χ4v) is 7.25. The molecule has 0 spiro atoms. The van der Waals surface area contributed by atoms with E-state index in [0.29, 0.717) is 5.82 Å². The average molecular weight is 649 g/mol. The van der Waals surface area contributed by atoms with Crippen molar-refractivity contribution in [2.24, 2.45) is 14.1 Å². The summed E-state index contributed by atoms with van der Waals surface area (Å²) in [5.41, 5.74) is 11.4. The third-order valence-corrected chi connectivity index (χ3v) is 9.79. The molecule has 6 aromatic carbocycles. The van der Waals surface area contributed by atoms with E-state index in [-0.39, 0.29) is 5.69 Å². The average Bonchev–Trinajstić information content (AvgIpc) is 3.79. The summed E-state index contributed by atoms with van der Waals surface area (Å²) in [6, 6.07) is 45.0. The molecule has 10 rings (SSSR count). The Morgan fingerprint density at radius 3 is 2.04 bits per heavy atom. The SMILES string of the molecule is Cn1c(=O)n(C)c2cc(-c3cccc(-c4cc(-c5cccc6oc7cc8c(cc7c56)oc5ccccc58)nc(-c5ccccc5)n4)c3)ccc21. The van der Waals surface area contributed by atoms with E-state index in [0.717, 1.165) is 94.1 Å². The van der Waals surface area contributed by atoms with Crippen LogP contribution in [0.3, 0.4) is 0 Å². The number of aromatic nitrogens is 4. The van der Waals surface area contributed by atoms with E-state index < -0.39 is 0 Å². The zero-order valence-corrected chi connectivity index (χ0v) is 27.2. The van der Waals surface area contributed by atoms with Crippen molar-refractivity contribution in [1.29, 1.82) is 0 Å². The topological polar surface area (TPSA) is 79.0 Å². The van der Waals surface area contributed by atoms with Gasteiger partial charge >= 0.3 is 5.69 Å². The highest BCUT2D eigenvalue weighted by Crippen LogP contribution is 2.41. The molecule has 0 N–H and O–H groups in total. The molecule has 0 atom stereocenters. The van der Waals surface area contributed by atoms with E-state index >= 15 is 0 Å². The highest BCUT2D eigenvalue weighted by atomic mass is 16.3. The number of imidazole rings is 1. The third kappa shape index (κ3) is 4.26. The number of para-hydroxylation sites is 1. The standard InChI is InChI=1S/C43H28N4O3/c1-46-35-19-18-27(21-36(35)47(2)43(46)48)26-12-8-13-28(20-26)33-24-34(45-42(44-33)25-10-4-3-5-11-25)30-15-9-17-38-41(30)32-23-39-31(22-40(32)50-38)29-14-6-7-16-37(29)49-39/h3-24H,1-2H3. The van der Waals surface area contributed by atoms with E-state index in [1.165, 1.54) is 0 Å². The number of hydrogen-bond donors (Lipinski definition) is 0. The molecule has 0 aliphatic carbocycles. The van der Waals surface area contributed by atoms with Crippen LogP contribution in [-0.4, -0.2) is 19.1 Å². The van der Waals surface area contributed by atoms with Crippen LogP contribution in [0.5, 0.6) is 0 Å². The molecule has 7 heteroatoms. The quantitative estimate of drug-likeness (QED) is 0.190. The molecule has 0 bridgehead atoms. The fraction of sp³-hybridized carbons (Fsp3) is 0.0465. The number of hydrogen-bond acceptors (Lipinski definition) is 5. The van der Waals surface area contributed by atoms with E-state index in [1.807, 2.05) is 79.8 Å². The molecule has 0 unspecified atom stereocenters. The first-order valence-corrected chi connectivity index (χ1v) is 16.5. The zero-order valence-electron chi connectivity index (χ0n) is 27.2. The number of rotatable bonds is 4. The second-order valence-corrected chi connectivity index (χ2v) is 12.7. The van der Waals surface area contributed by atoms with Crippen molar-refractivity contribution < 1.29 is 8.83 Å². The molecule has 238 valence electrons. The van der Waals surface area contributed by atoms with Crippen molar-refractivity contribution in [3.8, 4) is 45.0 Å². The smallest absolute Gasteiger partial charge is 0.328 e. The van der Waals surface area contributed by atoms with E-state index in [9.17, 15) is 4.79 Å². The summed E-state index contributed by atoms with van der Waals surface area (Å²) >= 11 is 0. The Morgan fingerprint density at radius 2 is 1.14 bits per heavy atom. The summed E-state index contributed by atoms with van der Waals surface area (Å²) in [4.78, 5) is 22.9. The second-order valence-electron chi connectivity index (χ2n) is 12.7. The van der Waals surface area contributed by atoms with Crippen LogP contribution in [0.1, 0.15) is 0 Å². The highest BCUT2D eigenvalue weighted by Gasteiger charge is 2.19. The van der Waals surface area contributed by atoms with Crippen molar-refractivity contribution in [3.05, 3.63) is 144 Å². The largest absolute Gasteiger partial charge is 0.456 e. The molecule has 4 aromatic heterocycles. The predicted molar refractivity (Wildman–Crippen MR) is 200 cm³/mol. The van der Waals surface area contributed by atoms with Gasteiger partial charge in [0.2, 0.25) is 0 Å². The first-order valence-electron chi connectivity index (χ1n) is 16.5. The number of aryl methyl sites for hydroxylation is 2. The summed E-state index contributed by atoms with van der Waals surface area (Å²) in [7, 11) is 3.61. The molecule has 0 amide bonds. The van der Waals surface area contributed by atoms with E-state index in [4.69, 9.17) is 18.8 Å². The van der Waals surface area contributed by atoms with Crippen molar-refractivity contribution >= 4 is 54.9 Å². The van der Waals surface area contributed by atoms with Gasteiger partial charge in [-0.05, 0) is 59.7 Å². The van der Waals surface area contributed by atoms with E-state index in [2.05, 4.69) is 60.7 Å². The lowest BCUT2D eigenvalue weighted by atomic mass is 9.98. The van der Waals surface area contributed by atoms with Crippen molar-refractivity contribution in [1.82, 2.24) is 19.1 Å². The number of furan rings is 2. The number of benzene rings is 6. The normalized spacial score (nSPS) is 11.9. The summed E-state index contributed by atoms with van der Waals surface area (Å²) < 4.78 is 16.1. The Hall–Kier alpha value is -6.73. The maximum Gasteiger partial charge on any atom is 0.328 e. The summed E-state index contributed by atoms with van der Waals surface area (Å²) in [5, 5.41) is 4.03. The lowest BCUT2D eigenvalue weighted by Gasteiger charge is -2.11. The van der Waals surface area contributed by atoms with Gasteiger partial charge in [-0.15, -0.1) is 0 Å². The van der Waals surface area contributed by atoms with E-state index in [1.54, 1.807) is 16.2 Å². The van der Waals surface area contributed by atoms with Gasteiger partial charge in [-0.2, -0.15) is 0 Å². The van der Waals surface area contributed by atoms with Gasteiger partial charge in [-0.1, -0.05) is 84.9 Å². The summed E-state index contributed by atoms with van der Waals surface area (Å²) in [6.07, 6.45) is 0. The molecule has 0 radical (unpaired) electrons. The van der Waals surface area contributed by atoms with Gasteiger partial charge in [0.15, 0.2) is 5.82 Å². The molecule has 4 heterocycles. The predicted octanol–water partition coefficient (Wildman–Crippen LogP) is 10.1. The van der Waals surface area contributed by atoms with Gasteiger partial charge < -0.3 is 8.83 Å². The summed E-state index contributed by atoms with van der Waals surface area (Å²) in [5.74, 6) is 0.633. The van der Waals surface area contributed by atoms with Crippen LogP contribution in [0.25, 0.3) is 99.9 Å². The van der Waals surface area contributed by atoms with Gasteiger partial charge in [-0.3, -0.25) is 9.13 Å². The second kappa shape index (κ2) is 10.6. The van der Waals surface area contributed by atoms with Crippen LogP contribution in [-0.2, 0) is 14.1 Å². The maximum absolute atomic E-state index is 12.6. The molecular formula is C43H28N4O3. The molecule has 0 saturated heterocycles. The van der Waals surface area contributed by atoms with Crippen molar-refractivity contribution in [3.63, 3.8) is 0 Å². The molecule has 7 nitrogen and oxygen atoms in total. The molecular weight excluding hydrogens is 620 g/mol. The van der Waals surface area contributed by atoms with Gasteiger partial charge in [0.25, 0.3) is 0 Å². The minimum atomic E-state index is -0.0460. The lowest BCUT2D eigenvalue weighted by molar-refractivity contribution is 0.664. The van der Waals surface area contributed by atoms with Crippen LogP contribution in [0.4, 0.5) is 0 Å². The van der Waals surface area contributed by atoms with Crippen LogP contribution in [0.2, 0.25) is 0 Å². The Bertz CT molecular complexity index is 3040. The Labute approximate surface area is 285 Å². The van der Waals surface area contributed by atoms with Crippen molar-refractivity contribution in [2.75, 3.05) is 0 Å². The Kier molecular flexibility index (Phi) is 6.02. The van der Waals surface area contributed by atoms with Gasteiger partial charge in [-0.25, -0.2) is 14.8 Å². The highest BCUT2D eigenvalue weighted by molar-refractivity contribution is 6.18. The summed E-state index contributed by atoms with van der Waals surface area (Å²) in [6.45, 7) is 0.